The molecule has 0 bridgehead atoms. The molecule has 18 heavy (non-hydrogen) atoms. The molecule has 1 aliphatic heterocycles. The largest absolute Gasteiger partial charge is 0.369 e. The molecule has 1 aromatic rings. The maximum Gasteiger partial charge on any atom is 0.0426 e. The fraction of sp³-hybridized carbons (Fsp3) is 0.600. The van der Waals surface area contributed by atoms with Crippen LogP contribution in [0, 0.1) is 13.8 Å². The molecule has 1 fully saturated rings. The van der Waals surface area contributed by atoms with Crippen LogP contribution in [0.25, 0.3) is 0 Å². The smallest absolute Gasteiger partial charge is 0.0426 e. The predicted octanol–water partition coefficient (Wildman–Crippen LogP) is 3.64. The van der Waals surface area contributed by atoms with Gasteiger partial charge in [-0.3, -0.25) is 0 Å². The average molecular weight is 311 g/mol. The highest BCUT2D eigenvalue weighted by Gasteiger charge is 2.19. The zero-order valence-electron chi connectivity index (χ0n) is 11.6. The molecule has 100 valence electrons. The Morgan fingerprint density at radius 2 is 2.00 bits per heavy atom. The summed E-state index contributed by atoms with van der Waals surface area (Å²) >= 11 is 3.58. The van der Waals surface area contributed by atoms with E-state index >= 15 is 0 Å². The zero-order valence-corrected chi connectivity index (χ0v) is 13.2. The van der Waals surface area contributed by atoms with Crippen molar-refractivity contribution in [2.24, 2.45) is 0 Å². The van der Waals surface area contributed by atoms with Gasteiger partial charge in [-0.2, -0.15) is 0 Å². The first kappa shape index (κ1) is 13.9. The Morgan fingerprint density at radius 1 is 1.33 bits per heavy atom. The number of hydrogen-bond acceptors (Lipinski definition) is 2. The molecule has 0 spiro atoms. The second-order valence-electron chi connectivity index (χ2n) is 5.25. The van der Waals surface area contributed by atoms with Crippen molar-refractivity contribution in [1.29, 1.82) is 0 Å². The van der Waals surface area contributed by atoms with Gasteiger partial charge in [-0.15, -0.1) is 0 Å². The van der Waals surface area contributed by atoms with E-state index in [-0.39, 0.29) is 0 Å². The Kier molecular flexibility index (Phi) is 4.68. The van der Waals surface area contributed by atoms with Crippen LogP contribution >= 0.6 is 15.9 Å². The number of nitrogens with one attached hydrogen (secondary N) is 1. The van der Waals surface area contributed by atoms with Gasteiger partial charge in [0.15, 0.2) is 0 Å². The van der Waals surface area contributed by atoms with Crippen LogP contribution in [0.2, 0.25) is 0 Å². The monoisotopic (exact) mass is 310 g/mol. The van der Waals surface area contributed by atoms with Gasteiger partial charge < -0.3 is 10.2 Å². The van der Waals surface area contributed by atoms with E-state index in [9.17, 15) is 0 Å². The number of hydrogen-bond donors (Lipinski definition) is 1. The van der Waals surface area contributed by atoms with Crippen molar-refractivity contribution in [3.05, 3.63) is 27.7 Å². The van der Waals surface area contributed by atoms with Crippen LogP contribution in [-0.2, 0) is 0 Å². The first-order valence-electron chi connectivity index (χ1n) is 6.87. The summed E-state index contributed by atoms with van der Waals surface area (Å²) in [5.41, 5.74) is 4.18. The number of halogens is 1. The molecule has 1 aromatic carbocycles. The van der Waals surface area contributed by atoms with E-state index in [0.717, 1.165) is 19.6 Å². The third kappa shape index (κ3) is 3.07. The van der Waals surface area contributed by atoms with Crippen LogP contribution < -0.4 is 10.2 Å². The lowest BCUT2D eigenvalue weighted by Gasteiger charge is -2.29. The van der Waals surface area contributed by atoms with E-state index in [1.54, 1.807) is 0 Å². The summed E-state index contributed by atoms with van der Waals surface area (Å²) in [4.78, 5) is 2.56. The van der Waals surface area contributed by atoms with Crippen molar-refractivity contribution < 1.29 is 0 Å². The van der Waals surface area contributed by atoms with Crippen LogP contribution in [0.4, 0.5) is 5.69 Å². The lowest BCUT2D eigenvalue weighted by atomic mass is 10.1. The Labute approximate surface area is 119 Å². The van der Waals surface area contributed by atoms with E-state index < -0.39 is 0 Å². The van der Waals surface area contributed by atoms with Gasteiger partial charge in [-0.25, -0.2) is 0 Å². The summed E-state index contributed by atoms with van der Waals surface area (Å²) < 4.78 is 1.18. The van der Waals surface area contributed by atoms with Crippen molar-refractivity contribution in [2.75, 3.05) is 24.5 Å². The third-order valence-corrected chi connectivity index (χ3v) is 4.20. The summed E-state index contributed by atoms with van der Waals surface area (Å²) in [6.07, 6.45) is 2.43. The highest BCUT2D eigenvalue weighted by molar-refractivity contribution is 9.10. The summed E-state index contributed by atoms with van der Waals surface area (Å²) in [6, 6.07) is 5.07. The first-order chi connectivity index (χ1) is 8.61. The molecule has 0 aromatic heterocycles. The van der Waals surface area contributed by atoms with E-state index in [1.807, 2.05) is 0 Å². The quantitative estimate of drug-likeness (QED) is 0.897. The molecule has 2 rings (SSSR count). The van der Waals surface area contributed by atoms with Gasteiger partial charge in [0.2, 0.25) is 0 Å². The van der Waals surface area contributed by atoms with E-state index in [1.165, 1.54) is 34.1 Å². The molecule has 1 saturated heterocycles. The van der Waals surface area contributed by atoms with Gasteiger partial charge in [-0.1, -0.05) is 22.9 Å². The SMILES string of the molecule is CCC1CN(c2c(C)cc(Br)cc2C)CCCN1. The summed E-state index contributed by atoms with van der Waals surface area (Å²) in [5, 5.41) is 3.63. The van der Waals surface area contributed by atoms with Crippen LogP contribution in [0.15, 0.2) is 16.6 Å². The Balaban J connectivity index is 2.29. The summed E-state index contributed by atoms with van der Waals surface area (Å²) in [6.45, 7) is 10.1. The molecule has 1 N–H and O–H groups in total. The molecular weight excluding hydrogens is 288 g/mol. The molecule has 1 heterocycles. The molecular formula is C15H23BrN2. The van der Waals surface area contributed by atoms with Crippen LogP contribution in [0.5, 0.6) is 0 Å². The molecule has 3 heteroatoms. The van der Waals surface area contributed by atoms with E-state index in [2.05, 4.69) is 59.1 Å². The summed E-state index contributed by atoms with van der Waals surface area (Å²) in [5.74, 6) is 0. The second-order valence-corrected chi connectivity index (χ2v) is 6.16. The highest BCUT2D eigenvalue weighted by Crippen LogP contribution is 2.29. The molecule has 1 aliphatic rings. The van der Waals surface area contributed by atoms with Gasteiger partial charge in [0.05, 0.1) is 0 Å². The highest BCUT2D eigenvalue weighted by atomic mass is 79.9. The van der Waals surface area contributed by atoms with E-state index in [4.69, 9.17) is 0 Å². The molecule has 0 radical (unpaired) electrons. The number of anilines is 1. The van der Waals surface area contributed by atoms with Crippen LogP contribution in [0.1, 0.15) is 30.9 Å². The van der Waals surface area contributed by atoms with Crippen LogP contribution in [-0.4, -0.2) is 25.7 Å². The minimum atomic E-state index is 0.620. The van der Waals surface area contributed by atoms with Gasteiger partial charge >= 0.3 is 0 Å². The first-order valence-corrected chi connectivity index (χ1v) is 7.66. The predicted molar refractivity (Wildman–Crippen MR) is 82.5 cm³/mol. The Morgan fingerprint density at radius 3 is 2.61 bits per heavy atom. The molecule has 0 saturated carbocycles. The Bertz CT molecular complexity index is 394. The number of nitrogens with zero attached hydrogens (tertiary/aromatic N) is 1. The van der Waals surface area contributed by atoms with Crippen molar-refractivity contribution in [1.82, 2.24) is 5.32 Å². The van der Waals surface area contributed by atoms with Gasteiger partial charge in [0.1, 0.15) is 0 Å². The van der Waals surface area contributed by atoms with Crippen molar-refractivity contribution >= 4 is 21.6 Å². The molecule has 0 amide bonds. The molecule has 2 nitrogen and oxygen atoms in total. The normalized spacial score (nSPS) is 20.9. The minimum absolute atomic E-state index is 0.620. The summed E-state index contributed by atoms with van der Waals surface area (Å²) in [7, 11) is 0. The van der Waals surface area contributed by atoms with Crippen molar-refractivity contribution in [3.63, 3.8) is 0 Å². The average Bonchev–Trinajstić information content (AvgIpc) is 2.53. The Hall–Kier alpha value is -0.540. The van der Waals surface area contributed by atoms with Crippen molar-refractivity contribution in [2.45, 2.75) is 39.7 Å². The molecule has 1 unspecified atom stereocenters. The van der Waals surface area contributed by atoms with Gasteiger partial charge in [0, 0.05) is 29.3 Å². The lowest BCUT2D eigenvalue weighted by molar-refractivity contribution is 0.528. The number of aryl methyl sites for hydroxylation is 2. The fourth-order valence-corrected chi connectivity index (χ4v) is 3.56. The third-order valence-electron chi connectivity index (χ3n) is 3.74. The minimum Gasteiger partial charge on any atom is -0.369 e. The topological polar surface area (TPSA) is 15.3 Å². The maximum atomic E-state index is 3.63. The molecule has 0 aliphatic carbocycles. The fourth-order valence-electron chi connectivity index (χ4n) is 2.88. The number of rotatable bonds is 2. The van der Waals surface area contributed by atoms with Crippen LogP contribution in [0.3, 0.4) is 0 Å². The maximum absolute atomic E-state index is 3.63. The second kappa shape index (κ2) is 6.07. The number of benzene rings is 1. The van der Waals surface area contributed by atoms with Crippen molar-refractivity contribution in [3.8, 4) is 0 Å². The lowest BCUT2D eigenvalue weighted by Crippen LogP contribution is -2.37. The van der Waals surface area contributed by atoms with Gasteiger partial charge in [0.25, 0.3) is 0 Å². The van der Waals surface area contributed by atoms with E-state index in [0.29, 0.717) is 6.04 Å². The molecule has 1 atom stereocenters. The standard InChI is InChI=1S/C15H23BrN2/c1-4-14-10-18(7-5-6-17-14)15-11(2)8-13(16)9-12(15)3/h8-9,14,17H,4-7,10H2,1-3H3. The van der Waals surface area contributed by atoms with Gasteiger partial charge in [-0.05, 0) is 56.5 Å². The zero-order chi connectivity index (χ0) is 13.1.